The number of anilines is 1. The monoisotopic (exact) mass is 268 g/mol. The number of hydrogen-bond acceptors (Lipinski definition) is 3. The summed E-state index contributed by atoms with van der Waals surface area (Å²) < 4.78 is 25.6. The Balaban J connectivity index is 3.38. The fourth-order valence-corrected chi connectivity index (χ4v) is 3.15. The molecule has 4 nitrogen and oxygen atoms in total. The quantitative estimate of drug-likeness (QED) is 0.823. The molecule has 0 bridgehead atoms. The van der Waals surface area contributed by atoms with E-state index in [1.54, 1.807) is 6.92 Å². The first kappa shape index (κ1) is 12.6. The van der Waals surface area contributed by atoms with Crippen LogP contribution in [0, 0.1) is 0 Å². The second-order valence-corrected chi connectivity index (χ2v) is 5.35. The molecule has 1 aromatic rings. The van der Waals surface area contributed by atoms with Gasteiger partial charge in [0.05, 0.1) is 10.7 Å². The first-order chi connectivity index (χ1) is 6.88. The lowest BCUT2D eigenvalue weighted by atomic mass is 10.3. The summed E-state index contributed by atoms with van der Waals surface area (Å²) in [4.78, 5) is -0.129. The highest BCUT2D eigenvalue weighted by atomic mass is 35.5. The number of nitrogen functional groups attached to an aromatic ring is 1. The van der Waals surface area contributed by atoms with Crippen LogP contribution < -0.4 is 10.5 Å². The summed E-state index contributed by atoms with van der Waals surface area (Å²) in [6.07, 6.45) is 0. The minimum Gasteiger partial charge on any atom is -0.398 e. The van der Waals surface area contributed by atoms with Crippen LogP contribution in [0.3, 0.4) is 0 Å². The maximum atomic E-state index is 11.7. The molecule has 0 radical (unpaired) electrons. The summed E-state index contributed by atoms with van der Waals surface area (Å²) in [7, 11) is -3.65. The molecule has 0 spiro atoms. The third kappa shape index (κ3) is 2.75. The van der Waals surface area contributed by atoms with Crippen LogP contribution in [0.15, 0.2) is 17.0 Å². The number of nitrogens with two attached hydrogens (primary N) is 1. The van der Waals surface area contributed by atoms with E-state index >= 15 is 0 Å². The Morgan fingerprint density at radius 2 is 2.00 bits per heavy atom. The van der Waals surface area contributed by atoms with Gasteiger partial charge in [-0.3, -0.25) is 0 Å². The van der Waals surface area contributed by atoms with Gasteiger partial charge in [0.2, 0.25) is 10.0 Å². The lowest BCUT2D eigenvalue weighted by Crippen LogP contribution is -2.24. The molecule has 0 atom stereocenters. The van der Waals surface area contributed by atoms with Gasteiger partial charge in [0, 0.05) is 11.6 Å². The van der Waals surface area contributed by atoms with Gasteiger partial charge in [0.1, 0.15) is 4.90 Å². The molecule has 7 heteroatoms. The number of rotatable bonds is 3. The largest absolute Gasteiger partial charge is 0.398 e. The van der Waals surface area contributed by atoms with Gasteiger partial charge in [-0.25, -0.2) is 13.1 Å². The smallest absolute Gasteiger partial charge is 0.244 e. The lowest BCUT2D eigenvalue weighted by Gasteiger charge is -2.09. The van der Waals surface area contributed by atoms with Crippen molar-refractivity contribution in [3.8, 4) is 0 Å². The highest BCUT2D eigenvalue weighted by molar-refractivity contribution is 7.89. The highest BCUT2D eigenvalue weighted by Crippen LogP contribution is 2.30. The Bertz CT molecular complexity index is 451. The molecule has 0 heterocycles. The number of benzene rings is 1. The van der Waals surface area contributed by atoms with Crippen LogP contribution >= 0.6 is 23.2 Å². The van der Waals surface area contributed by atoms with E-state index in [1.807, 2.05) is 0 Å². The van der Waals surface area contributed by atoms with Crippen molar-refractivity contribution in [2.75, 3.05) is 12.3 Å². The van der Waals surface area contributed by atoms with Crippen LogP contribution in [-0.4, -0.2) is 15.0 Å². The van der Waals surface area contributed by atoms with E-state index in [4.69, 9.17) is 28.9 Å². The first-order valence-electron chi connectivity index (χ1n) is 4.12. The Morgan fingerprint density at radius 1 is 1.40 bits per heavy atom. The van der Waals surface area contributed by atoms with Crippen LogP contribution in [-0.2, 0) is 10.0 Å². The Kier molecular flexibility index (Phi) is 3.83. The van der Waals surface area contributed by atoms with Crippen molar-refractivity contribution < 1.29 is 8.42 Å². The molecule has 0 aliphatic heterocycles. The number of hydrogen-bond donors (Lipinski definition) is 2. The molecular formula is C8H10Cl2N2O2S. The highest BCUT2D eigenvalue weighted by Gasteiger charge is 2.20. The number of halogens is 2. The molecule has 0 saturated heterocycles. The standard InChI is InChI=1S/C8H10Cl2N2O2S/c1-2-12-15(13,14)8-6(10)3-5(9)4-7(8)11/h3-4,12H,2,11H2,1H3. The second-order valence-electron chi connectivity index (χ2n) is 2.81. The van der Waals surface area contributed by atoms with E-state index in [9.17, 15) is 8.42 Å². The van der Waals surface area contributed by atoms with E-state index in [-0.39, 0.29) is 22.2 Å². The van der Waals surface area contributed by atoms with Gasteiger partial charge < -0.3 is 5.73 Å². The summed E-state index contributed by atoms with van der Waals surface area (Å²) in [6.45, 7) is 1.93. The van der Waals surface area contributed by atoms with Crippen molar-refractivity contribution in [3.05, 3.63) is 22.2 Å². The summed E-state index contributed by atoms with van der Waals surface area (Å²) in [5, 5.41) is 0.314. The predicted molar refractivity (Wildman–Crippen MR) is 61.7 cm³/mol. The van der Waals surface area contributed by atoms with Gasteiger partial charge in [-0.05, 0) is 12.1 Å². The summed E-state index contributed by atoms with van der Waals surface area (Å²) >= 11 is 11.4. The molecule has 1 rings (SSSR count). The fraction of sp³-hybridized carbons (Fsp3) is 0.250. The minimum absolute atomic E-state index is 0.0148. The van der Waals surface area contributed by atoms with Crippen LogP contribution in [0.1, 0.15) is 6.92 Å². The molecule has 3 N–H and O–H groups in total. The van der Waals surface area contributed by atoms with Gasteiger partial charge in [0.15, 0.2) is 0 Å². The average Bonchev–Trinajstić information content (AvgIpc) is 1.99. The van der Waals surface area contributed by atoms with E-state index in [1.165, 1.54) is 12.1 Å². The zero-order chi connectivity index (χ0) is 11.6. The minimum atomic E-state index is -3.65. The zero-order valence-corrected chi connectivity index (χ0v) is 10.2. The van der Waals surface area contributed by atoms with Gasteiger partial charge in [-0.2, -0.15) is 0 Å². The molecule has 0 aromatic heterocycles. The molecule has 15 heavy (non-hydrogen) atoms. The molecule has 0 aliphatic rings. The number of nitrogens with one attached hydrogen (secondary N) is 1. The van der Waals surface area contributed by atoms with Crippen molar-refractivity contribution in [3.63, 3.8) is 0 Å². The normalized spacial score (nSPS) is 11.7. The lowest BCUT2D eigenvalue weighted by molar-refractivity contribution is 0.584. The predicted octanol–water partition coefficient (Wildman–Crippen LogP) is 1.87. The summed E-state index contributed by atoms with van der Waals surface area (Å²) in [5.74, 6) is 0. The van der Waals surface area contributed by atoms with Crippen molar-refractivity contribution >= 4 is 38.9 Å². The van der Waals surface area contributed by atoms with Crippen LogP contribution in [0.5, 0.6) is 0 Å². The Morgan fingerprint density at radius 3 is 2.47 bits per heavy atom. The molecule has 0 saturated carbocycles. The number of sulfonamides is 1. The third-order valence-electron chi connectivity index (χ3n) is 1.64. The van der Waals surface area contributed by atoms with Crippen molar-refractivity contribution in [2.24, 2.45) is 0 Å². The van der Waals surface area contributed by atoms with Crippen LogP contribution in [0.4, 0.5) is 5.69 Å². The van der Waals surface area contributed by atoms with E-state index in [0.29, 0.717) is 5.02 Å². The Labute approximate surface area is 98.4 Å². The van der Waals surface area contributed by atoms with Gasteiger partial charge in [-0.15, -0.1) is 0 Å². The van der Waals surface area contributed by atoms with Crippen LogP contribution in [0.25, 0.3) is 0 Å². The summed E-state index contributed by atoms with van der Waals surface area (Å²) in [6, 6.07) is 2.68. The van der Waals surface area contributed by atoms with E-state index < -0.39 is 10.0 Å². The zero-order valence-electron chi connectivity index (χ0n) is 7.92. The van der Waals surface area contributed by atoms with E-state index in [2.05, 4.69) is 4.72 Å². The van der Waals surface area contributed by atoms with Gasteiger partial charge in [0.25, 0.3) is 0 Å². The molecule has 0 aliphatic carbocycles. The first-order valence-corrected chi connectivity index (χ1v) is 6.36. The SMILES string of the molecule is CCNS(=O)(=O)c1c(N)cc(Cl)cc1Cl. The third-order valence-corrected chi connectivity index (χ3v) is 3.93. The maximum Gasteiger partial charge on any atom is 0.244 e. The van der Waals surface area contributed by atoms with Gasteiger partial charge in [-0.1, -0.05) is 30.1 Å². The van der Waals surface area contributed by atoms with Crippen LogP contribution in [0.2, 0.25) is 10.0 Å². The van der Waals surface area contributed by atoms with E-state index in [0.717, 1.165) is 0 Å². The molecule has 84 valence electrons. The maximum absolute atomic E-state index is 11.7. The average molecular weight is 269 g/mol. The van der Waals surface area contributed by atoms with Crippen molar-refractivity contribution in [2.45, 2.75) is 11.8 Å². The Hall–Kier alpha value is -0.490. The van der Waals surface area contributed by atoms with Crippen molar-refractivity contribution in [1.29, 1.82) is 0 Å². The summed E-state index contributed by atoms with van der Waals surface area (Å²) in [5.41, 5.74) is 5.59. The molecule has 1 aromatic carbocycles. The van der Waals surface area contributed by atoms with Crippen molar-refractivity contribution in [1.82, 2.24) is 4.72 Å². The molecule has 0 unspecified atom stereocenters. The molecule has 0 amide bonds. The topological polar surface area (TPSA) is 72.2 Å². The fourth-order valence-electron chi connectivity index (χ4n) is 1.13. The van der Waals surface area contributed by atoms with Gasteiger partial charge >= 0.3 is 0 Å². The second kappa shape index (κ2) is 4.57. The molecular weight excluding hydrogens is 259 g/mol. The molecule has 0 fully saturated rings.